The lowest BCUT2D eigenvalue weighted by molar-refractivity contribution is 0.0918. The monoisotopic (exact) mass is 453 g/mol. The van der Waals surface area contributed by atoms with Crippen LogP contribution in [-0.4, -0.2) is 63.7 Å². The maximum Gasteiger partial charge on any atom is 0.307 e. The first-order valence-electron chi connectivity index (χ1n) is 9.99. The van der Waals surface area contributed by atoms with Crippen molar-refractivity contribution in [1.29, 1.82) is 0 Å². The second-order valence-corrected chi connectivity index (χ2v) is 7.51. The van der Waals surface area contributed by atoms with Crippen LogP contribution in [0.4, 0.5) is 5.82 Å². The first-order chi connectivity index (χ1) is 15.7. The summed E-state index contributed by atoms with van der Waals surface area (Å²) in [6, 6.07) is 9.51. The Kier molecular flexibility index (Phi) is 6.97. The number of hydrogen-bond acceptors (Lipinski definition) is 9. The Labute approximate surface area is 188 Å². The van der Waals surface area contributed by atoms with E-state index in [1.807, 2.05) is 36.6 Å². The van der Waals surface area contributed by atoms with Crippen LogP contribution in [0.25, 0.3) is 22.4 Å². The highest BCUT2D eigenvalue weighted by atomic mass is 32.2. The number of fused-ring (bicyclic) bond motifs is 1. The molecular formula is C21H23N7O3S. The number of nitrogens with one attached hydrogen (secondary N) is 2. The third-order valence-corrected chi connectivity index (χ3v) is 5.17. The highest BCUT2D eigenvalue weighted by Crippen LogP contribution is 2.23. The fourth-order valence-electron chi connectivity index (χ4n) is 3.06. The molecule has 0 aliphatic rings. The molecule has 0 bridgehead atoms. The minimum absolute atomic E-state index is 0.0193. The fraction of sp³-hybridized carbons (Fsp3) is 0.286. The van der Waals surface area contributed by atoms with Gasteiger partial charge >= 0.3 is 5.91 Å². The molecule has 0 aliphatic heterocycles. The van der Waals surface area contributed by atoms with Gasteiger partial charge in [0.2, 0.25) is 0 Å². The minimum Gasteiger partial charge on any atom is -0.432 e. The molecule has 4 rings (SSSR count). The normalized spacial score (nSPS) is 11.1. The number of methoxy groups -OCH3 is 1. The number of oxazole rings is 1. The molecule has 2 N–H and O–H groups in total. The predicted molar refractivity (Wildman–Crippen MR) is 122 cm³/mol. The molecule has 0 atom stereocenters. The van der Waals surface area contributed by atoms with E-state index in [0.29, 0.717) is 48.6 Å². The van der Waals surface area contributed by atoms with E-state index in [1.54, 1.807) is 24.2 Å². The molecule has 0 unspecified atom stereocenters. The molecular weight excluding hydrogens is 430 g/mol. The van der Waals surface area contributed by atoms with Crippen molar-refractivity contribution in [3.63, 3.8) is 0 Å². The van der Waals surface area contributed by atoms with Gasteiger partial charge in [-0.15, -0.1) is 0 Å². The smallest absolute Gasteiger partial charge is 0.307 e. The van der Waals surface area contributed by atoms with Gasteiger partial charge in [0.15, 0.2) is 16.6 Å². The van der Waals surface area contributed by atoms with Crippen LogP contribution in [-0.2, 0) is 11.3 Å². The summed E-state index contributed by atoms with van der Waals surface area (Å²) in [5, 5.41) is 11.9. The summed E-state index contributed by atoms with van der Waals surface area (Å²) in [4.78, 5) is 25.6. The maximum absolute atomic E-state index is 12.4. The quantitative estimate of drug-likeness (QED) is 0.212. The summed E-state index contributed by atoms with van der Waals surface area (Å²) in [6.45, 7) is 1.96. The summed E-state index contributed by atoms with van der Waals surface area (Å²) >= 11 is 1.45. The molecule has 0 spiro atoms. The van der Waals surface area contributed by atoms with Gasteiger partial charge in [-0.05, 0) is 6.26 Å². The van der Waals surface area contributed by atoms with Crippen molar-refractivity contribution in [2.24, 2.45) is 0 Å². The fourth-order valence-corrected chi connectivity index (χ4v) is 3.42. The van der Waals surface area contributed by atoms with Crippen molar-refractivity contribution in [2.45, 2.75) is 11.7 Å². The molecule has 1 amide bonds. The van der Waals surface area contributed by atoms with Crippen LogP contribution in [0.15, 0.2) is 52.3 Å². The molecule has 166 valence electrons. The summed E-state index contributed by atoms with van der Waals surface area (Å²) < 4.78 is 12.4. The number of carbonyl (C=O) groups is 1. The number of rotatable bonds is 10. The molecule has 0 saturated carbocycles. The Hall–Kier alpha value is -3.44. The van der Waals surface area contributed by atoms with Gasteiger partial charge in [-0.1, -0.05) is 42.1 Å². The molecule has 3 aromatic heterocycles. The third-order valence-electron chi connectivity index (χ3n) is 4.62. The minimum atomic E-state index is -0.384. The van der Waals surface area contributed by atoms with Crippen LogP contribution < -0.4 is 10.6 Å². The third kappa shape index (κ3) is 4.89. The highest BCUT2D eigenvalue weighted by Gasteiger charge is 2.15. The average Bonchev–Trinajstić information content (AvgIpc) is 3.48. The molecule has 0 radical (unpaired) electrons. The second-order valence-electron chi connectivity index (χ2n) is 6.74. The van der Waals surface area contributed by atoms with E-state index >= 15 is 0 Å². The van der Waals surface area contributed by atoms with E-state index < -0.39 is 0 Å². The molecule has 4 aromatic rings. The molecule has 10 nitrogen and oxygen atoms in total. The number of aromatic nitrogens is 5. The number of amides is 1. The number of hydrogen-bond donors (Lipinski definition) is 2. The molecule has 1 aromatic carbocycles. The van der Waals surface area contributed by atoms with Crippen molar-refractivity contribution in [1.82, 2.24) is 30.0 Å². The van der Waals surface area contributed by atoms with Crippen LogP contribution in [0.1, 0.15) is 10.7 Å². The summed E-state index contributed by atoms with van der Waals surface area (Å²) in [6.07, 6.45) is 5.18. The van der Waals surface area contributed by atoms with Crippen LogP contribution in [0, 0.1) is 0 Å². The van der Waals surface area contributed by atoms with Crippen LogP contribution in [0.2, 0.25) is 0 Å². The van der Waals surface area contributed by atoms with Crippen molar-refractivity contribution in [3.05, 3.63) is 48.6 Å². The van der Waals surface area contributed by atoms with Crippen molar-refractivity contribution in [3.8, 4) is 11.3 Å². The molecule has 3 heterocycles. The highest BCUT2D eigenvalue weighted by molar-refractivity contribution is 7.98. The Balaban J connectivity index is 1.41. The van der Waals surface area contributed by atoms with E-state index in [2.05, 4.69) is 30.7 Å². The standard InChI is InChI=1S/C21H23N7O3S/c1-30-11-9-22-17-15-12-25-28(18(15)27-21(26-17)32-2)10-8-23-19(29)20-24-13-16(31-20)14-6-4-3-5-7-14/h3-7,12-13H,8-11H2,1-2H3,(H,23,29)(H,22,26,27). The SMILES string of the molecule is COCCNc1nc(SC)nc2c1cnn2CCNC(=O)c1ncc(-c2ccccc2)o1. The number of benzene rings is 1. The van der Waals surface area contributed by atoms with Gasteiger partial charge in [0.25, 0.3) is 5.89 Å². The van der Waals surface area contributed by atoms with E-state index in [-0.39, 0.29) is 11.8 Å². The Morgan fingerprint density at radius 3 is 2.81 bits per heavy atom. The van der Waals surface area contributed by atoms with Gasteiger partial charge in [0.05, 0.1) is 30.9 Å². The number of anilines is 1. The molecule has 32 heavy (non-hydrogen) atoms. The molecule has 11 heteroatoms. The largest absolute Gasteiger partial charge is 0.432 e. The van der Waals surface area contributed by atoms with E-state index in [4.69, 9.17) is 9.15 Å². The maximum atomic E-state index is 12.4. The van der Waals surface area contributed by atoms with Gasteiger partial charge in [-0.25, -0.2) is 19.6 Å². The van der Waals surface area contributed by atoms with Gasteiger partial charge in [-0.2, -0.15) is 5.10 Å². The van der Waals surface area contributed by atoms with Crippen LogP contribution in [0.3, 0.4) is 0 Å². The van der Waals surface area contributed by atoms with Gasteiger partial charge < -0.3 is 19.8 Å². The Morgan fingerprint density at radius 1 is 1.19 bits per heavy atom. The molecule has 0 fully saturated rings. The zero-order valence-corrected chi connectivity index (χ0v) is 18.6. The average molecular weight is 454 g/mol. The number of nitrogens with zero attached hydrogens (tertiary/aromatic N) is 5. The second kappa shape index (κ2) is 10.2. The topological polar surface area (TPSA) is 120 Å². The van der Waals surface area contributed by atoms with Crippen LogP contribution in [0.5, 0.6) is 0 Å². The van der Waals surface area contributed by atoms with Crippen molar-refractivity contribution >= 4 is 34.5 Å². The van der Waals surface area contributed by atoms with Gasteiger partial charge in [0, 0.05) is 25.8 Å². The van der Waals surface area contributed by atoms with Crippen molar-refractivity contribution in [2.75, 3.05) is 38.4 Å². The first-order valence-corrected chi connectivity index (χ1v) is 11.2. The Bertz CT molecular complexity index is 1190. The van der Waals surface area contributed by atoms with E-state index in [1.165, 1.54) is 11.8 Å². The zero-order chi connectivity index (χ0) is 22.3. The lowest BCUT2D eigenvalue weighted by Gasteiger charge is -2.09. The van der Waals surface area contributed by atoms with Gasteiger partial charge in [0.1, 0.15) is 5.82 Å². The van der Waals surface area contributed by atoms with Gasteiger partial charge in [-0.3, -0.25) is 4.79 Å². The number of thioether (sulfide) groups is 1. The summed E-state index contributed by atoms with van der Waals surface area (Å²) in [7, 11) is 1.65. The zero-order valence-electron chi connectivity index (χ0n) is 17.7. The summed E-state index contributed by atoms with van der Waals surface area (Å²) in [5.74, 6) is 0.888. The first kappa shape index (κ1) is 21.8. The predicted octanol–water partition coefficient (Wildman–Crippen LogP) is 2.69. The van der Waals surface area contributed by atoms with Crippen molar-refractivity contribution < 1.29 is 13.9 Å². The molecule has 0 saturated heterocycles. The number of carbonyl (C=O) groups excluding carboxylic acids is 1. The van der Waals surface area contributed by atoms with E-state index in [0.717, 1.165) is 10.9 Å². The lowest BCUT2D eigenvalue weighted by atomic mass is 10.2. The Morgan fingerprint density at radius 2 is 2.03 bits per heavy atom. The van der Waals surface area contributed by atoms with E-state index in [9.17, 15) is 4.79 Å². The van der Waals surface area contributed by atoms with Crippen LogP contribution >= 0.6 is 11.8 Å². The lowest BCUT2D eigenvalue weighted by Crippen LogP contribution is -2.27. The number of ether oxygens (including phenoxy) is 1. The summed E-state index contributed by atoms with van der Waals surface area (Å²) in [5.41, 5.74) is 1.56. The molecule has 0 aliphatic carbocycles.